The van der Waals surface area contributed by atoms with Crippen molar-refractivity contribution in [3.63, 3.8) is 0 Å². The standard InChI is InChI=1S/C26H24O6/c1-12-5-6-18-14(7-12)16-8-15(20(28)10-21(16)32-26(18,3)4)17-11-31-22-9-19(27)13(2)24(29)23(22)25(17)30/h5-10,17,27-29H,11H2,1-4H3. The van der Waals surface area contributed by atoms with E-state index in [1.165, 1.54) is 13.0 Å². The molecule has 0 aromatic heterocycles. The number of phenolic OH excluding ortho intramolecular Hbond substituents is 3. The predicted octanol–water partition coefficient (Wildman–Crippen LogP) is 5.07. The number of aryl methyl sites for hydroxylation is 1. The van der Waals surface area contributed by atoms with Crippen LogP contribution in [0.4, 0.5) is 0 Å². The van der Waals surface area contributed by atoms with Gasteiger partial charge in [-0.3, -0.25) is 4.79 Å². The van der Waals surface area contributed by atoms with Gasteiger partial charge in [-0.05, 0) is 39.3 Å². The first-order valence-electron chi connectivity index (χ1n) is 10.5. The van der Waals surface area contributed by atoms with Crippen molar-refractivity contribution in [2.24, 2.45) is 0 Å². The fraction of sp³-hybridized carbons (Fsp3) is 0.269. The monoisotopic (exact) mass is 432 g/mol. The maximum Gasteiger partial charge on any atom is 0.181 e. The van der Waals surface area contributed by atoms with Crippen LogP contribution < -0.4 is 9.47 Å². The number of phenols is 3. The Morgan fingerprint density at radius 1 is 0.938 bits per heavy atom. The Bertz CT molecular complexity index is 1300. The molecule has 3 aromatic rings. The lowest BCUT2D eigenvalue weighted by molar-refractivity contribution is 0.0887. The quantitative estimate of drug-likeness (QED) is 0.497. The number of rotatable bonds is 1. The van der Waals surface area contributed by atoms with E-state index in [0.717, 1.165) is 22.3 Å². The molecule has 0 radical (unpaired) electrons. The number of carbonyl (C=O) groups is 1. The summed E-state index contributed by atoms with van der Waals surface area (Å²) >= 11 is 0. The zero-order valence-electron chi connectivity index (χ0n) is 18.3. The van der Waals surface area contributed by atoms with E-state index < -0.39 is 11.5 Å². The molecule has 0 amide bonds. The average Bonchev–Trinajstić information content (AvgIpc) is 2.72. The van der Waals surface area contributed by atoms with E-state index in [1.54, 1.807) is 12.1 Å². The highest BCUT2D eigenvalue weighted by molar-refractivity contribution is 6.07. The van der Waals surface area contributed by atoms with Crippen LogP contribution in [-0.2, 0) is 5.60 Å². The number of hydrogen-bond donors (Lipinski definition) is 3. The fourth-order valence-corrected chi connectivity index (χ4v) is 4.63. The SMILES string of the molecule is Cc1ccc2c(c1)-c1cc(C3COc4cc(O)c(C)c(O)c4C3=O)c(O)cc1OC2(C)C. The second-order valence-electron chi connectivity index (χ2n) is 9.04. The zero-order valence-corrected chi connectivity index (χ0v) is 18.3. The normalized spacial score (nSPS) is 18.1. The van der Waals surface area contributed by atoms with Crippen molar-refractivity contribution in [1.82, 2.24) is 0 Å². The minimum absolute atomic E-state index is 0.0160. The highest BCUT2D eigenvalue weighted by Gasteiger charge is 2.38. The third-order valence-corrected chi connectivity index (χ3v) is 6.44. The summed E-state index contributed by atoms with van der Waals surface area (Å²) in [6.07, 6.45) is 0. The molecule has 2 aliphatic rings. The molecule has 6 heteroatoms. The van der Waals surface area contributed by atoms with E-state index in [2.05, 4.69) is 6.07 Å². The third-order valence-electron chi connectivity index (χ3n) is 6.44. The average molecular weight is 432 g/mol. The lowest BCUT2D eigenvalue weighted by Gasteiger charge is -2.36. The van der Waals surface area contributed by atoms with E-state index in [4.69, 9.17) is 9.47 Å². The summed E-state index contributed by atoms with van der Waals surface area (Å²) in [5, 5.41) is 31.3. The van der Waals surface area contributed by atoms with Gasteiger partial charge in [-0.1, -0.05) is 23.8 Å². The number of aromatic hydroxyl groups is 3. The van der Waals surface area contributed by atoms with Crippen molar-refractivity contribution in [1.29, 1.82) is 0 Å². The molecule has 3 N–H and O–H groups in total. The molecule has 5 rings (SSSR count). The molecule has 3 aromatic carbocycles. The number of benzene rings is 3. The lowest BCUT2D eigenvalue weighted by Crippen LogP contribution is -2.30. The Kier molecular flexibility index (Phi) is 4.21. The Morgan fingerprint density at radius 3 is 2.41 bits per heavy atom. The van der Waals surface area contributed by atoms with E-state index in [9.17, 15) is 20.1 Å². The zero-order chi connectivity index (χ0) is 22.9. The second kappa shape index (κ2) is 6.66. The summed E-state index contributed by atoms with van der Waals surface area (Å²) in [4.78, 5) is 13.4. The fourth-order valence-electron chi connectivity index (χ4n) is 4.63. The molecule has 0 bridgehead atoms. The third kappa shape index (κ3) is 2.83. The van der Waals surface area contributed by atoms with E-state index in [0.29, 0.717) is 11.3 Å². The molecule has 0 fully saturated rings. The highest BCUT2D eigenvalue weighted by Crippen LogP contribution is 2.50. The van der Waals surface area contributed by atoms with Crippen LogP contribution in [0, 0.1) is 13.8 Å². The molecule has 0 aliphatic carbocycles. The van der Waals surface area contributed by atoms with Crippen LogP contribution in [-0.4, -0.2) is 27.7 Å². The van der Waals surface area contributed by atoms with Gasteiger partial charge >= 0.3 is 0 Å². The molecule has 1 atom stereocenters. The van der Waals surface area contributed by atoms with E-state index in [1.807, 2.05) is 32.9 Å². The Balaban J connectivity index is 1.66. The van der Waals surface area contributed by atoms with Gasteiger partial charge in [-0.15, -0.1) is 0 Å². The van der Waals surface area contributed by atoms with Crippen molar-refractivity contribution in [2.45, 2.75) is 39.2 Å². The minimum Gasteiger partial charge on any atom is -0.508 e. The summed E-state index contributed by atoms with van der Waals surface area (Å²) in [6, 6.07) is 10.8. The smallest absolute Gasteiger partial charge is 0.181 e. The summed E-state index contributed by atoms with van der Waals surface area (Å²) in [7, 11) is 0. The maximum absolute atomic E-state index is 13.4. The molecule has 164 valence electrons. The van der Waals surface area contributed by atoms with E-state index in [-0.39, 0.29) is 46.5 Å². The number of ketones is 1. The number of carbonyl (C=O) groups excluding carboxylic acids is 1. The van der Waals surface area contributed by atoms with Gasteiger partial charge in [0.25, 0.3) is 0 Å². The minimum atomic E-state index is -0.814. The summed E-state index contributed by atoms with van der Waals surface area (Å²) in [5.74, 6) is -1.03. The highest BCUT2D eigenvalue weighted by atomic mass is 16.5. The maximum atomic E-state index is 13.4. The molecule has 0 saturated carbocycles. The summed E-state index contributed by atoms with van der Waals surface area (Å²) in [6.45, 7) is 7.47. The largest absolute Gasteiger partial charge is 0.508 e. The molecule has 2 heterocycles. The van der Waals surface area contributed by atoms with Crippen LogP contribution in [0.3, 0.4) is 0 Å². The summed E-state index contributed by atoms with van der Waals surface area (Å²) < 4.78 is 11.9. The van der Waals surface area contributed by atoms with Crippen LogP contribution >= 0.6 is 0 Å². The van der Waals surface area contributed by atoms with Crippen LogP contribution in [0.5, 0.6) is 28.7 Å². The van der Waals surface area contributed by atoms with Crippen LogP contribution in [0.25, 0.3) is 11.1 Å². The molecular formula is C26H24O6. The molecule has 0 spiro atoms. The first-order valence-corrected chi connectivity index (χ1v) is 10.5. The Labute approximate surface area is 185 Å². The van der Waals surface area contributed by atoms with Gasteiger partial charge in [0.1, 0.15) is 46.5 Å². The van der Waals surface area contributed by atoms with Gasteiger partial charge in [-0.2, -0.15) is 0 Å². The topological polar surface area (TPSA) is 96.2 Å². The molecule has 0 saturated heterocycles. The number of fused-ring (bicyclic) bond motifs is 4. The van der Waals surface area contributed by atoms with Gasteiger partial charge in [-0.25, -0.2) is 0 Å². The van der Waals surface area contributed by atoms with Crippen molar-refractivity contribution >= 4 is 5.78 Å². The van der Waals surface area contributed by atoms with Crippen molar-refractivity contribution in [3.8, 4) is 39.9 Å². The molecule has 1 unspecified atom stereocenters. The Morgan fingerprint density at radius 2 is 1.66 bits per heavy atom. The number of Topliss-reactive ketones (excluding diaryl/α,β-unsaturated/α-hetero) is 1. The molecular weight excluding hydrogens is 408 g/mol. The van der Waals surface area contributed by atoms with Crippen LogP contribution in [0.1, 0.15) is 52.4 Å². The molecule has 32 heavy (non-hydrogen) atoms. The van der Waals surface area contributed by atoms with Gasteiger partial charge in [0, 0.05) is 34.4 Å². The number of hydrogen-bond acceptors (Lipinski definition) is 6. The molecule has 2 aliphatic heterocycles. The second-order valence-corrected chi connectivity index (χ2v) is 9.04. The van der Waals surface area contributed by atoms with Gasteiger partial charge in [0.05, 0.1) is 5.92 Å². The van der Waals surface area contributed by atoms with Gasteiger partial charge < -0.3 is 24.8 Å². The van der Waals surface area contributed by atoms with Crippen LogP contribution in [0.2, 0.25) is 0 Å². The van der Waals surface area contributed by atoms with E-state index >= 15 is 0 Å². The Hall–Kier alpha value is -3.67. The van der Waals surface area contributed by atoms with Crippen molar-refractivity contribution in [3.05, 3.63) is 64.2 Å². The first-order chi connectivity index (χ1) is 15.1. The van der Waals surface area contributed by atoms with Gasteiger partial charge in [0.15, 0.2) is 5.78 Å². The van der Waals surface area contributed by atoms with Crippen LogP contribution in [0.15, 0.2) is 36.4 Å². The summed E-state index contributed by atoms with van der Waals surface area (Å²) in [5.41, 5.74) is 3.95. The first kappa shape index (κ1) is 20.2. The lowest BCUT2D eigenvalue weighted by atomic mass is 9.82. The molecule has 6 nitrogen and oxygen atoms in total. The van der Waals surface area contributed by atoms with Gasteiger partial charge in [0.2, 0.25) is 0 Å². The number of ether oxygens (including phenoxy) is 2. The van der Waals surface area contributed by atoms with Crippen molar-refractivity contribution < 1.29 is 29.6 Å². The predicted molar refractivity (Wildman–Crippen MR) is 119 cm³/mol. The van der Waals surface area contributed by atoms with Crippen molar-refractivity contribution in [2.75, 3.05) is 6.61 Å².